The first-order chi connectivity index (χ1) is 6.29. The molecule has 0 saturated carbocycles. The second-order valence-corrected chi connectivity index (χ2v) is 2.64. The molecule has 0 aliphatic rings. The number of carbonyl (C=O) groups excluding carboxylic acids is 1. The molecule has 5 heteroatoms. The lowest BCUT2D eigenvalue weighted by Gasteiger charge is -2.10. The quantitative estimate of drug-likeness (QED) is 0.688. The van der Waals surface area contributed by atoms with E-state index in [1.54, 1.807) is 0 Å². The first kappa shape index (κ1) is 9.57. The third kappa shape index (κ3) is 2.21. The van der Waals surface area contributed by atoms with Crippen molar-refractivity contribution in [1.82, 2.24) is 4.98 Å². The molecule has 0 aliphatic heterocycles. The van der Waals surface area contributed by atoms with Crippen LogP contribution in [0, 0.1) is 0 Å². The minimum atomic E-state index is 0.0175. The second kappa shape index (κ2) is 4.49. The van der Waals surface area contributed by atoms with Crippen LogP contribution in [0.15, 0.2) is 10.8 Å². The van der Waals surface area contributed by atoms with Gasteiger partial charge in [0.05, 0.1) is 6.61 Å². The molecular formula is C8H12N2O3. The average molecular weight is 184 g/mol. The molecule has 1 rings (SSSR count). The zero-order chi connectivity index (χ0) is 9.68. The molecule has 1 heterocycles. The Labute approximate surface area is 75.9 Å². The highest BCUT2D eigenvalue weighted by molar-refractivity contribution is 5.38. The molecule has 1 atom stereocenters. The van der Waals surface area contributed by atoms with Crippen LogP contribution in [0.1, 0.15) is 25.0 Å². The zero-order valence-corrected chi connectivity index (χ0v) is 7.40. The summed E-state index contributed by atoms with van der Waals surface area (Å²) in [4.78, 5) is 13.9. The van der Waals surface area contributed by atoms with Gasteiger partial charge in [-0.25, -0.2) is 4.98 Å². The van der Waals surface area contributed by atoms with E-state index in [0.29, 0.717) is 18.1 Å². The molecule has 1 aromatic heterocycles. The number of nitrogens with two attached hydrogens (primary N) is 1. The molecule has 0 fully saturated rings. The van der Waals surface area contributed by atoms with Crippen molar-refractivity contribution in [3.63, 3.8) is 0 Å². The van der Waals surface area contributed by atoms with Crippen LogP contribution in [0.3, 0.4) is 0 Å². The number of hydrogen-bond donors (Lipinski definition) is 1. The van der Waals surface area contributed by atoms with Gasteiger partial charge >= 0.3 is 0 Å². The van der Waals surface area contributed by atoms with E-state index in [1.165, 1.54) is 6.39 Å². The van der Waals surface area contributed by atoms with Gasteiger partial charge in [-0.05, 0) is 6.42 Å². The van der Waals surface area contributed by atoms with Crippen LogP contribution in [-0.4, -0.2) is 18.1 Å². The monoisotopic (exact) mass is 184 g/mol. The second-order valence-electron chi connectivity index (χ2n) is 2.64. The predicted octanol–water partition coefficient (Wildman–Crippen LogP) is 0.923. The fraction of sp³-hybridized carbons (Fsp3) is 0.500. The van der Waals surface area contributed by atoms with E-state index in [9.17, 15) is 4.79 Å². The minimum absolute atomic E-state index is 0.0175. The van der Waals surface area contributed by atoms with E-state index in [1.807, 2.05) is 6.92 Å². The molecule has 0 spiro atoms. The lowest BCUT2D eigenvalue weighted by atomic mass is 10.0. The Morgan fingerprint density at radius 3 is 3.08 bits per heavy atom. The topological polar surface area (TPSA) is 78.3 Å². The van der Waals surface area contributed by atoms with Gasteiger partial charge in [0.2, 0.25) is 5.88 Å². The fourth-order valence-electron chi connectivity index (χ4n) is 1.12. The van der Waals surface area contributed by atoms with Crippen LogP contribution in [-0.2, 0) is 9.53 Å². The number of nitrogen functional groups attached to an aromatic ring is 1. The Kier molecular flexibility index (Phi) is 3.31. The van der Waals surface area contributed by atoms with E-state index >= 15 is 0 Å². The summed E-state index contributed by atoms with van der Waals surface area (Å²) in [6.45, 7) is 2.67. The number of rotatable bonds is 5. The van der Waals surface area contributed by atoms with E-state index < -0.39 is 0 Å². The maximum atomic E-state index is 9.98. The number of oxazole rings is 1. The van der Waals surface area contributed by atoms with Gasteiger partial charge in [-0.15, -0.1) is 0 Å². The molecule has 0 saturated heterocycles. The number of aromatic nitrogens is 1. The summed E-state index contributed by atoms with van der Waals surface area (Å²) in [5.74, 6) is 0.310. The summed E-state index contributed by atoms with van der Waals surface area (Å²) in [6, 6.07) is 0. The smallest absolute Gasteiger partial charge is 0.293 e. The lowest BCUT2D eigenvalue weighted by molar-refractivity contribution is -0.129. The molecule has 1 aromatic rings. The number of hydrogen-bond acceptors (Lipinski definition) is 5. The van der Waals surface area contributed by atoms with Gasteiger partial charge in [-0.2, -0.15) is 0 Å². The van der Waals surface area contributed by atoms with Crippen molar-refractivity contribution in [2.75, 3.05) is 12.3 Å². The molecule has 0 radical (unpaired) electrons. The van der Waals surface area contributed by atoms with Gasteiger partial charge in [0.25, 0.3) is 6.47 Å². The highest BCUT2D eigenvalue weighted by Crippen LogP contribution is 2.23. The standard InChI is InChI=1S/C8H12N2O3/c1-2-6(3-12-5-11)7-8(9)13-4-10-7/h4-6H,2-3,9H2,1H3. The molecular weight excluding hydrogens is 172 g/mol. The van der Waals surface area contributed by atoms with Gasteiger partial charge in [0, 0.05) is 5.92 Å². The van der Waals surface area contributed by atoms with Gasteiger partial charge in [-0.3, -0.25) is 4.79 Å². The minimum Gasteiger partial charge on any atom is -0.467 e. The SMILES string of the molecule is CCC(COC=O)c1ncoc1N. The van der Waals surface area contributed by atoms with Crippen molar-refractivity contribution < 1.29 is 13.9 Å². The molecule has 13 heavy (non-hydrogen) atoms. The summed E-state index contributed by atoms with van der Waals surface area (Å²) in [6.07, 6.45) is 2.08. The first-order valence-corrected chi connectivity index (χ1v) is 4.03. The predicted molar refractivity (Wildman–Crippen MR) is 46.0 cm³/mol. The molecule has 2 N–H and O–H groups in total. The van der Waals surface area contributed by atoms with Crippen LogP contribution < -0.4 is 5.73 Å². The molecule has 0 amide bonds. The highest BCUT2D eigenvalue weighted by atomic mass is 16.5. The van der Waals surface area contributed by atoms with Crippen molar-refractivity contribution in [3.8, 4) is 0 Å². The Morgan fingerprint density at radius 1 is 1.85 bits per heavy atom. The van der Waals surface area contributed by atoms with Crippen LogP contribution in [0.4, 0.5) is 5.88 Å². The average Bonchev–Trinajstić information content (AvgIpc) is 2.54. The fourth-order valence-corrected chi connectivity index (χ4v) is 1.12. The Morgan fingerprint density at radius 2 is 2.62 bits per heavy atom. The van der Waals surface area contributed by atoms with Crippen molar-refractivity contribution in [2.24, 2.45) is 0 Å². The summed E-state index contributed by atoms with van der Waals surface area (Å²) < 4.78 is 9.50. The Balaban J connectivity index is 2.66. The highest BCUT2D eigenvalue weighted by Gasteiger charge is 2.16. The molecule has 0 aromatic carbocycles. The van der Waals surface area contributed by atoms with Crippen LogP contribution >= 0.6 is 0 Å². The number of ether oxygens (including phenoxy) is 1. The summed E-state index contributed by atoms with van der Waals surface area (Å²) in [5, 5.41) is 0. The molecule has 72 valence electrons. The van der Waals surface area contributed by atoms with E-state index in [0.717, 1.165) is 6.42 Å². The van der Waals surface area contributed by atoms with Gasteiger partial charge < -0.3 is 14.9 Å². The largest absolute Gasteiger partial charge is 0.467 e. The molecule has 5 nitrogen and oxygen atoms in total. The summed E-state index contributed by atoms with van der Waals surface area (Å²) >= 11 is 0. The molecule has 0 bridgehead atoms. The first-order valence-electron chi connectivity index (χ1n) is 4.03. The maximum Gasteiger partial charge on any atom is 0.293 e. The van der Waals surface area contributed by atoms with Gasteiger partial charge in [0.15, 0.2) is 6.39 Å². The summed E-state index contributed by atoms with van der Waals surface area (Å²) in [7, 11) is 0. The van der Waals surface area contributed by atoms with Crippen molar-refractivity contribution >= 4 is 12.4 Å². The van der Waals surface area contributed by atoms with Crippen LogP contribution in [0.5, 0.6) is 0 Å². The third-order valence-corrected chi connectivity index (χ3v) is 1.87. The van der Waals surface area contributed by atoms with E-state index in [-0.39, 0.29) is 12.5 Å². The van der Waals surface area contributed by atoms with Gasteiger partial charge in [0.1, 0.15) is 5.69 Å². The van der Waals surface area contributed by atoms with Crippen molar-refractivity contribution in [3.05, 3.63) is 12.1 Å². The molecule has 1 unspecified atom stereocenters. The van der Waals surface area contributed by atoms with Crippen molar-refractivity contribution in [2.45, 2.75) is 19.3 Å². The van der Waals surface area contributed by atoms with E-state index in [4.69, 9.17) is 10.2 Å². The van der Waals surface area contributed by atoms with Crippen LogP contribution in [0.25, 0.3) is 0 Å². The Bertz CT molecular complexity index is 272. The number of nitrogens with zero attached hydrogens (tertiary/aromatic N) is 1. The van der Waals surface area contributed by atoms with Crippen LogP contribution in [0.2, 0.25) is 0 Å². The van der Waals surface area contributed by atoms with Crippen molar-refractivity contribution in [1.29, 1.82) is 0 Å². The zero-order valence-electron chi connectivity index (χ0n) is 7.40. The van der Waals surface area contributed by atoms with E-state index in [2.05, 4.69) is 9.72 Å². The normalized spacial score (nSPS) is 12.4. The maximum absolute atomic E-state index is 9.98. The Hall–Kier alpha value is -1.52. The lowest BCUT2D eigenvalue weighted by Crippen LogP contribution is -2.08. The molecule has 0 aliphatic carbocycles. The number of anilines is 1. The summed E-state index contributed by atoms with van der Waals surface area (Å²) in [5.41, 5.74) is 6.17. The third-order valence-electron chi connectivity index (χ3n) is 1.87. The number of carbonyl (C=O) groups is 1. The van der Waals surface area contributed by atoms with Gasteiger partial charge in [-0.1, -0.05) is 6.92 Å².